The Morgan fingerprint density at radius 3 is 2.42 bits per heavy atom. The van der Waals surface area contributed by atoms with Crippen molar-refractivity contribution in [2.45, 2.75) is 127 Å². The molecule has 5 aliphatic rings. The van der Waals surface area contributed by atoms with E-state index in [0.717, 1.165) is 86.6 Å². The second kappa shape index (κ2) is 22.8. The van der Waals surface area contributed by atoms with Crippen molar-refractivity contribution in [1.29, 1.82) is 0 Å². The van der Waals surface area contributed by atoms with Crippen LogP contribution in [-0.4, -0.2) is 151 Å². The van der Waals surface area contributed by atoms with E-state index in [1.54, 1.807) is 30.6 Å². The van der Waals surface area contributed by atoms with Crippen LogP contribution in [0.2, 0.25) is 0 Å². The van der Waals surface area contributed by atoms with Gasteiger partial charge < -0.3 is 54.7 Å². The number of piperazine rings is 1. The molecule has 22 heteroatoms. The molecule has 20 nitrogen and oxygen atoms in total. The number of aliphatic hydroxyl groups is 1. The number of nitrogens with zero attached hydrogens (tertiary/aromatic N) is 10. The number of phenolic OH excluding ortho intramolecular Hbond substituents is 1. The Balaban J connectivity index is 0.604. The van der Waals surface area contributed by atoms with Crippen molar-refractivity contribution in [2.75, 3.05) is 61.4 Å². The van der Waals surface area contributed by atoms with Crippen molar-refractivity contribution in [3.05, 3.63) is 95.3 Å². The van der Waals surface area contributed by atoms with Crippen molar-refractivity contribution in [1.82, 2.24) is 45.4 Å². The number of benzene rings is 1. The van der Waals surface area contributed by atoms with Crippen LogP contribution < -0.4 is 30.3 Å². The Hall–Kier alpha value is -7.01. The molecule has 2 unspecified atom stereocenters. The third kappa shape index (κ3) is 11.3. The fourth-order valence-electron chi connectivity index (χ4n) is 11.9. The zero-order valence-electron chi connectivity index (χ0n) is 44.3. The number of aryl methyl sites for hydroxylation is 1. The van der Waals surface area contributed by atoms with E-state index in [9.17, 15) is 19.8 Å². The number of aromatic nitrogens is 6. The van der Waals surface area contributed by atoms with Gasteiger partial charge in [0, 0.05) is 118 Å². The largest absolute Gasteiger partial charge is 0.507 e. The summed E-state index contributed by atoms with van der Waals surface area (Å²) >= 11 is 1.37. The highest BCUT2D eigenvalue weighted by atomic mass is 32.1. The molecule has 5 N–H and O–H groups in total. The second-order valence-corrected chi connectivity index (χ2v) is 22.6. The van der Waals surface area contributed by atoms with Crippen LogP contribution >= 0.6 is 11.3 Å². The van der Waals surface area contributed by atoms with Crippen LogP contribution in [0.1, 0.15) is 94.7 Å². The number of aliphatic hydroxyl groups excluding tert-OH is 1. The molecule has 412 valence electrons. The minimum absolute atomic E-state index is 0.0345. The number of para-hydroxylation sites is 1. The molecule has 1 saturated carbocycles. The topological polar surface area (TPSA) is 244 Å². The van der Waals surface area contributed by atoms with Crippen LogP contribution in [0, 0.1) is 18.7 Å². The molecule has 1 aliphatic carbocycles. The number of ether oxygens (including phenoxy) is 3. The number of aromatic hydroxyl groups is 1. The number of halogens is 1. The molecule has 9 heterocycles. The fraction of sp³-hybridized carbons (Fsp3) is 0.500. The number of nitrogens with one attached hydrogen (secondary N) is 1. The summed E-state index contributed by atoms with van der Waals surface area (Å²) in [7, 11) is 0. The van der Waals surface area contributed by atoms with Gasteiger partial charge >= 0.3 is 0 Å². The first-order valence-electron chi connectivity index (χ1n) is 27.1. The van der Waals surface area contributed by atoms with Gasteiger partial charge in [-0.05, 0) is 74.9 Å². The number of anilines is 3. The van der Waals surface area contributed by atoms with E-state index in [0.29, 0.717) is 47.6 Å². The van der Waals surface area contributed by atoms with E-state index >= 15 is 4.39 Å². The van der Waals surface area contributed by atoms with Gasteiger partial charge in [-0.2, -0.15) is 0 Å². The molecule has 4 aliphatic heterocycles. The van der Waals surface area contributed by atoms with Gasteiger partial charge in [-0.1, -0.05) is 26.0 Å². The number of likely N-dealkylation sites (tertiary alicyclic amines) is 2. The normalized spacial score (nSPS) is 23.3. The van der Waals surface area contributed by atoms with Crippen molar-refractivity contribution in [2.24, 2.45) is 5.92 Å². The van der Waals surface area contributed by atoms with E-state index in [1.807, 2.05) is 45.2 Å². The molecule has 78 heavy (non-hydrogen) atoms. The summed E-state index contributed by atoms with van der Waals surface area (Å²) in [6.07, 6.45) is 8.30. The highest BCUT2D eigenvalue weighted by molar-refractivity contribution is 7.13. The number of hydrogen-bond acceptors (Lipinski definition) is 19. The SMILES string of the molecule is Cc1ncsc1-c1cc(F)c([C@H](C)NC(=O)[C@@H]2C[C@@H](O)CN2C(=O)[C@@H](c2cc(OCCN3CCC(OC4CC(Oc5cc(N6C7CCC6CN(c6cc(-c8ccccc8O)nnc6N)C7)ccn5)C4)CC3)no2)C(C)C)cn1. The van der Waals surface area contributed by atoms with Crippen molar-refractivity contribution in [3.63, 3.8) is 0 Å². The van der Waals surface area contributed by atoms with E-state index in [-0.39, 0.29) is 72.4 Å². The van der Waals surface area contributed by atoms with E-state index in [2.05, 4.69) is 62.5 Å². The highest BCUT2D eigenvalue weighted by Crippen LogP contribution is 2.41. The summed E-state index contributed by atoms with van der Waals surface area (Å²) in [6, 6.07) is 15.0. The molecule has 5 aromatic heterocycles. The lowest BCUT2D eigenvalue weighted by Crippen LogP contribution is -2.54. The molecular weight excluding hydrogens is 1020 g/mol. The van der Waals surface area contributed by atoms with Crippen LogP contribution in [0.5, 0.6) is 17.5 Å². The Bertz CT molecular complexity index is 3080. The third-order valence-electron chi connectivity index (χ3n) is 16.0. The molecule has 2 bridgehead atoms. The number of hydrogen-bond donors (Lipinski definition) is 4. The van der Waals surface area contributed by atoms with Gasteiger partial charge in [0.15, 0.2) is 11.6 Å². The van der Waals surface area contributed by atoms with Crippen LogP contribution in [0.25, 0.3) is 21.8 Å². The number of nitrogen functional groups attached to an aromatic ring is 1. The first-order chi connectivity index (χ1) is 37.7. The number of pyridine rings is 2. The molecule has 6 aromatic rings. The average Bonchev–Trinajstić information content (AvgIpc) is 4.23. The minimum atomic E-state index is -0.977. The van der Waals surface area contributed by atoms with Crippen molar-refractivity contribution >= 4 is 40.3 Å². The fourth-order valence-corrected chi connectivity index (χ4v) is 12.6. The lowest BCUT2D eigenvalue weighted by atomic mass is 9.91. The molecule has 6 atom stereocenters. The number of thiazole rings is 1. The van der Waals surface area contributed by atoms with E-state index in [4.69, 9.17) is 24.5 Å². The van der Waals surface area contributed by atoms with Gasteiger partial charge in [-0.25, -0.2) is 14.4 Å². The summed E-state index contributed by atoms with van der Waals surface area (Å²) in [4.78, 5) is 50.5. The summed E-state index contributed by atoms with van der Waals surface area (Å²) in [5.74, 6) is -0.712. The Kier molecular flexibility index (Phi) is 15.5. The van der Waals surface area contributed by atoms with Crippen molar-refractivity contribution in [3.8, 4) is 39.3 Å². The second-order valence-electron chi connectivity index (χ2n) is 21.7. The standard InChI is InChI=1S/C56H67FN12O8S/c1-31(2)52(56(73)68-29-37(70)20-47(68)55(72)62-32(3)42-26-60-45(23-43(42)57)53-33(4)61-30-78-53)49-25-51(65-77-49)74-18-17-66-15-12-38(13-16-66)75-39-21-40(22-39)76-50-19-34(11-14-59-50)69-35-9-10-36(69)28-67(27-35)46-24-44(63-64-54(46)58)41-7-5-6-8-48(41)71/h5-8,11,14,19,23-26,30-32,35-40,47,52,70-71H,9-10,12-13,15-18,20-22,27-29H2,1-4H3,(H2,58,64)(H,62,72)/t32-,35?,36?,37+,39?,40?,47-,52+/m0/s1. The predicted molar refractivity (Wildman–Crippen MR) is 290 cm³/mol. The Morgan fingerprint density at radius 2 is 1.69 bits per heavy atom. The number of β-amino-alcohol motifs (C(OH)–C–C–N with tert-alkyl or cyclic N) is 1. The quantitative estimate of drug-likeness (QED) is 0.0701. The minimum Gasteiger partial charge on any atom is -0.507 e. The van der Waals surface area contributed by atoms with Crippen LogP contribution in [-0.2, 0) is 14.3 Å². The first kappa shape index (κ1) is 53.0. The number of amides is 2. The van der Waals surface area contributed by atoms with Gasteiger partial charge in [-0.3, -0.25) is 19.5 Å². The van der Waals surface area contributed by atoms with Crippen molar-refractivity contribution < 1.29 is 42.9 Å². The number of carbonyl (C=O) groups is 2. The average molecular weight is 1090 g/mol. The lowest BCUT2D eigenvalue weighted by Gasteiger charge is -2.43. The summed E-state index contributed by atoms with van der Waals surface area (Å²) < 4.78 is 40.0. The monoisotopic (exact) mass is 1090 g/mol. The smallest absolute Gasteiger partial charge is 0.254 e. The molecule has 11 rings (SSSR count). The van der Waals surface area contributed by atoms with Gasteiger partial charge in [0.25, 0.3) is 5.88 Å². The van der Waals surface area contributed by atoms with E-state index in [1.165, 1.54) is 28.5 Å². The lowest BCUT2D eigenvalue weighted by molar-refractivity contribution is -0.141. The third-order valence-corrected chi connectivity index (χ3v) is 17.0. The molecule has 5 fully saturated rings. The zero-order valence-corrected chi connectivity index (χ0v) is 45.1. The summed E-state index contributed by atoms with van der Waals surface area (Å²) in [6.45, 7) is 11.6. The molecule has 1 aromatic carbocycles. The number of nitrogens with two attached hydrogens (primary N) is 1. The summed E-state index contributed by atoms with van der Waals surface area (Å²) in [5.41, 5.74) is 12.6. The zero-order chi connectivity index (χ0) is 54.2. The number of phenols is 1. The number of rotatable bonds is 18. The molecule has 2 amide bonds. The van der Waals surface area contributed by atoms with Gasteiger partial charge in [0.05, 0.1) is 57.5 Å². The van der Waals surface area contributed by atoms with Crippen LogP contribution in [0.4, 0.5) is 21.6 Å². The predicted octanol–water partition coefficient (Wildman–Crippen LogP) is 6.69. The van der Waals surface area contributed by atoms with Crippen LogP contribution in [0.15, 0.2) is 77.0 Å². The van der Waals surface area contributed by atoms with Crippen LogP contribution in [0.3, 0.4) is 0 Å². The van der Waals surface area contributed by atoms with Gasteiger partial charge in [0.1, 0.15) is 36.2 Å². The Morgan fingerprint density at radius 1 is 0.910 bits per heavy atom. The molecule has 0 spiro atoms. The number of carbonyl (C=O) groups excluding carboxylic acids is 2. The number of piperidine rings is 1. The summed E-state index contributed by atoms with van der Waals surface area (Å²) in [5, 5.41) is 36.7. The van der Waals surface area contributed by atoms with E-state index < -0.39 is 35.8 Å². The molecule has 4 saturated heterocycles. The molecular formula is C56H67FN12O8S. The first-order valence-corrected chi connectivity index (χ1v) is 28.0. The molecule has 0 radical (unpaired) electrons. The Labute approximate surface area is 456 Å². The highest BCUT2D eigenvalue weighted by Gasteiger charge is 2.45. The van der Waals surface area contributed by atoms with Gasteiger partial charge in [0.2, 0.25) is 17.7 Å². The number of fused-ring (bicyclic) bond motifs is 2. The maximum Gasteiger partial charge on any atom is 0.254 e. The van der Waals surface area contributed by atoms with Gasteiger partial charge in [-0.15, -0.1) is 21.5 Å². The maximum absolute atomic E-state index is 15.4. The maximum atomic E-state index is 15.4.